The van der Waals surface area contributed by atoms with E-state index < -0.39 is 9.84 Å². The molecule has 0 spiro atoms. The molecule has 124 valence electrons. The Morgan fingerprint density at radius 2 is 2.00 bits per heavy atom. The summed E-state index contributed by atoms with van der Waals surface area (Å²) < 4.78 is 23.3. The number of thiazole rings is 1. The van der Waals surface area contributed by atoms with Crippen LogP contribution in [0.1, 0.15) is 15.9 Å². The molecule has 0 unspecified atom stereocenters. The summed E-state index contributed by atoms with van der Waals surface area (Å²) >= 11 is 2.91. The number of anilines is 1. The van der Waals surface area contributed by atoms with Crippen LogP contribution in [0, 0.1) is 6.92 Å². The molecule has 0 radical (unpaired) electrons. The maximum atomic E-state index is 12.5. The first kappa shape index (κ1) is 16.8. The van der Waals surface area contributed by atoms with Crippen molar-refractivity contribution in [3.63, 3.8) is 0 Å². The van der Waals surface area contributed by atoms with E-state index in [4.69, 9.17) is 0 Å². The molecule has 3 aromatic rings. The standard InChI is InChI=1S/C16H14N2O3S3/c1-10-5-6-11(24(2,20)21)8-12(10)15(19)18-16-17-13(9-23-16)14-4-3-7-22-14/h3-9H,1-2H3,(H,17,18,19). The van der Waals surface area contributed by atoms with Gasteiger partial charge in [0, 0.05) is 17.2 Å². The molecule has 0 bridgehead atoms. The van der Waals surface area contributed by atoms with Crippen LogP contribution in [-0.2, 0) is 9.84 Å². The molecule has 1 N–H and O–H groups in total. The smallest absolute Gasteiger partial charge is 0.257 e. The Labute approximate surface area is 147 Å². The number of rotatable bonds is 4. The van der Waals surface area contributed by atoms with E-state index in [1.54, 1.807) is 24.3 Å². The molecule has 3 rings (SSSR count). The van der Waals surface area contributed by atoms with E-state index in [-0.39, 0.29) is 10.8 Å². The molecule has 0 aliphatic rings. The van der Waals surface area contributed by atoms with E-state index in [9.17, 15) is 13.2 Å². The van der Waals surface area contributed by atoms with Gasteiger partial charge in [0.25, 0.3) is 5.91 Å². The zero-order valence-corrected chi connectivity index (χ0v) is 15.4. The molecule has 5 nitrogen and oxygen atoms in total. The Hall–Kier alpha value is -2.03. The summed E-state index contributed by atoms with van der Waals surface area (Å²) in [5.41, 5.74) is 1.84. The van der Waals surface area contributed by atoms with Gasteiger partial charge in [-0.05, 0) is 36.1 Å². The number of nitrogens with one attached hydrogen (secondary N) is 1. The number of carbonyl (C=O) groups is 1. The summed E-state index contributed by atoms with van der Waals surface area (Å²) in [6.45, 7) is 1.76. The van der Waals surface area contributed by atoms with Crippen LogP contribution in [0.5, 0.6) is 0 Å². The molecule has 0 aliphatic carbocycles. The summed E-state index contributed by atoms with van der Waals surface area (Å²) in [5.74, 6) is -0.370. The number of sulfone groups is 1. The first-order valence-corrected chi connectivity index (χ1v) is 10.6. The lowest BCUT2D eigenvalue weighted by molar-refractivity contribution is 0.102. The van der Waals surface area contributed by atoms with Gasteiger partial charge in [-0.1, -0.05) is 12.1 Å². The Morgan fingerprint density at radius 3 is 2.67 bits per heavy atom. The van der Waals surface area contributed by atoms with Gasteiger partial charge in [0.05, 0.1) is 15.5 Å². The molecular formula is C16H14N2O3S3. The van der Waals surface area contributed by atoms with Gasteiger partial charge in [0.2, 0.25) is 0 Å². The van der Waals surface area contributed by atoms with Gasteiger partial charge in [-0.25, -0.2) is 13.4 Å². The van der Waals surface area contributed by atoms with Crippen molar-refractivity contribution in [2.45, 2.75) is 11.8 Å². The number of aromatic nitrogens is 1. The van der Waals surface area contributed by atoms with Crippen molar-refractivity contribution in [3.8, 4) is 10.6 Å². The van der Waals surface area contributed by atoms with Crippen molar-refractivity contribution < 1.29 is 13.2 Å². The molecule has 1 aromatic carbocycles. The fourth-order valence-electron chi connectivity index (χ4n) is 2.11. The molecule has 0 saturated carbocycles. The predicted molar refractivity (Wildman–Crippen MR) is 97.7 cm³/mol. The fourth-order valence-corrected chi connectivity index (χ4v) is 4.22. The van der Waals surface area contributed by atoms with Crippen LogP contribution in [0.3, 0.4) is 0 Å². The van der Waals surface area contributed by atoms with Crippen LogP contribution in [0.15, 0.2) is 46.0 Å². The molecule has 0 atom stereocenters. The van der Waals surface area contributed by atoms with Gasteiger partial charge in [-0.2, -0.15) is 0 Å². The largest absolute Gasteiger partial charge is 0.298 e. The Balaban J connectivity index is 1.85. The number of hydrogen-bond donors (Lipinski definition) is 1. The van der Waals surface area contributed by atoms with Crippen LogP contribution in [0.4, 0.5) is 5.13 Å². The number of nitrogens with zero attached hydrogens (tertiary/aromatic N) is 1. The molecule has 2 aromatic heterocycles. The fraction of sp³-hybridized carbons (Fsp3) is 0.125. The average Bonchev–Trinajstić information content (AvgIpc) is 3.16. The first-order valence-electron chi connectivity index (χ1n) is 6.96. The van der Waals surface area contributed by atoms with Crippen LogP contribution < -0.4 is 5.32 Å². The van der Waals surface area contributed by atoms with E-state index >= 15 is 0 Å². The molecule has 0 fully saturated rings. The highest BCUT2D eigenvalue weighted by Gasteiger charge is 2.16. The van der Waals surface area contributed by atoms with Crippen LogP contribution in [0.2, 0.25) is 0 Å². The van der Waals surface area contributed by atoms with Crippen LogP contribution in [-0.4, -0.2) is 25.6 Å². The summed E-state index contributed by atoms with van der Waals surface area (Å²) in [6.07, 6.45) is 1.12. The lowest BCUT2D eigenvalue weighted by Gasteiger charge is -2.07. The van der Waals surface area contributed by atoms with Crippen LogP contribution >= 0.6 is 22.7 Å². The minimum atomic E-state index is -3.37. The highest BCUT2D eigenvalue weighted by Crippen LogP contribution is 2.28. The number of carbonyl (C=O) groups excluding carboxylic acids is 1. The SMILES string of the molecule is Cc1ccc(S(C)(=O)=O)cc1C(=O)Nc1nc(-c2cccs2)cs1. The number of hydrogen-bond acceptors (Lipinski definition) is 6. The van der Waals surface area contributed by atoms with E-state index in [2.05, 4.69) is 10.3 Å². The maximum Gasteiger partial charge on any atom is 0.257 e. The first-order chi connectivity index (χ1) is 11.3. The number of amides is 1. The van der Waals surface area contributed by atoms with Crippen molar-refractivity contribution in [2.75, 3.05) is 11.6 Å². The average molecular weight is 379 g/mol. The molecule has 1 amide bonds. The van der Waals surface area contributed by atoms with Gasteiger partial charge >= 0.3 is 0 Å². The van der Waals surface area contributed by atoms with Crippen LogP contribution in [0.25, 0.3) is 10.6 Å². The van der Waals surface area contributed by atoms with Crippen molar-refractivity contribution in [1.82, 2.24) is 4.98 Å². The highest BCUT2D eigenvalue weighted by molar-refractivity contribution is 7.90. The normalized spacial score (nSPS) is 11.4. The Morgan fingerprint density at radius 1 is 1.21 bits per heavy atom. The molecular weight excluding hydrogens is 364 g/mol. The van der Waals surface area contributed by atoms with Gasteiger partial charge in [-0.15, -0.1) is 22.7 Å². The third-order valence-electron chi connectivity index (χ3n) is 3.38. The van der Waals surface area contributed by atoms with E-state index in [0.717, 1.165) is 16.8 Å². The Kier molecular flexibility index (Phi) is 4.53. The molecule has 0 saturated heterocycles. The van der Waals surface area contributed by atoms with Crippen molar-refractivity contribution in [2.24, 2.45) is 0 Å². The molecule has 24 heavy (non-hydrogen) atoms. The number of thiophene rings is 1. The minimum Gasteiger partial charge on any atom is -0.298 e. The quantitative estimate of drug-likeness (QED) is 0.748. The van der Waals surface area contributed by atoms with Crippen molar-refractivity contribution in [1.29, 1.82) is 0 Å². The molecule has 2 heterocycles. The zero-order valence-electron chi connectivity index (χ0n) is 12.9. The maximum absolute atomic E-state index is 12.5. The molecule has 8 heteroatoms. The minimum absolute atomic E-state index is 0.122. The lowest BCUT2D eigenvalue weighted by Crippen LogP contribution is -2.14. The van der Waals surface area contributed by atoms with Gasteiger partial charge in [-0.3, -0.25) is 10.1 Å². The van der Waals surface area contributed by atoms with E-state index in [1.165, 1.54) is 23.5 Å². The second kappa shape index (κ2) is 6.46. The third-order valence-corrected chi connectivity index (χ3v) is 6.14. The topological polar surface area (TPSA) is 76.1 Å². The number of aryl methyl sites for hydroxylation is 1. The van der Waals surface area contributed by atoms with Gasteiger partial charge < -0.3 is 0 Å². The van der Waals surface area contributed by atoms with Crippen molar-refractivity contribution in [3.05, 3.63) is 52.2 Å². The Bertz CT molecular complexity index is 990. The predicted octanol–water partition coefficient (Wildman–Crippen LogP) is 3.84. The summed E-state index contributed by atoms with van der Waals surface area (Å²) in [4.78, 5) is 18.0. The summed E-state index contributed by atoms with van der Waals surface area (Å²) in [7, 11) is -3.37. The second-order valence-electron chi connectivity index (χ2n) is 5.22. The monoisotopic (exact) mass is 378 g/mol. The highest BCUT2D eigenvalue weighted by atomic mass is 32.2. The lowest BCUT2D eigenvalue weighted by atomic mass is 10.1. The van der Waals surface area contributed by atoms with Crippen molar-refractivity contribution >= 4 is 43.5 Å². The van der Waals surface area contributed by atoms with Gasteiger partial charge in [0.15, 0.2) is 15.0 Å². The molecule has 0 aliphatic heterocycles. The second-order valence-corrected chi connectivity index (χ2v) is 9.04. The zero-order chi connectivity index (χ0) is 17.3. The summed E-state index contributed by atoms with van der Waals surface area (Å²) in [6, 6.07) is 8.43. The number of benzene rings is 1. The van der Waals surface area contributed by atoms with E-state index in [0.29, 0.717) is 16.3 Å². The third kappa shape index (κ3) is 3.55. The summed E-state index contributed by atoms with van der Waals surface area (Å²) in [5, 5.41) is 7.06. The van der Waals surface area contributed by atoms with Gasteiger partial charge in [0.1, 0.15) is 0 Å². The van der Waals surface area contributed by atoms with E-state index in [1.807, 2.05) is 22.9 Å².